The van der Waals surface area contributed by atoms with E-state index in [4.69, 9.17) is 20.4 Å². The van der Waals surface area contributed by atoms with Gasteiger partial charge in [0, 0.05) is 5.02 Å². The van der Waals surface area contributed by atoms with E-state index in [1.165, 1.54) is 30.5 Å². The predicted molar refractivity (Wildman–Crippen MR) is 79.0 cm³/mol. The fourth-order valence-corrected chi connectivity index (χ4v) is 2.82. The summed E-state index contributed by atoms with van der Waals surface area (Å²) in [6.07, 6.45) is 1.48. The van der Waals surface area contributed by atoms with Gasteiger partial charge in [-0.25, -0.2) is 13.1 Å². The topological polar surface area (TPSA) is 98.2 Å². The number of nitrogens with zero attached hydrogens (tertiary/aromatic N) is 2. The van der Waals surface area contributed by atoms with Gasteiger partial charge in [-0.3, -0.25) is 0 Å². The van der Waals surface area contributed by atoms with Gasteiger partial charge < -0.3 is 8.83 Å². The zero-order chi connectivity index (χ0) is 15.7. The first-order chi connectivity index (χ1) is 10.5. The van der Waals surface area contributed by atoms with Crippen molar-refractivity contribution in [1.29, 1.82) is 0 Å². The van der Waals surface area contributed by atoms with Gasteiger partial charge in [0.25, 0.3) is 15.9 Å². The number of aryl methyl sites for hydroxylation is 1. The molecule has 0 radical (unpaired) electrons. The molecule has 1 N–H and O–H groups in total. The molecule has 3 rings (SSSR count). The molecule has 9 heteroatoms. The van der Waals surface area contributed by atoms with Crippen molar-refractivity contribution in [2.24, 2.45) is 0 Å². The maximum atomic E-state index is 12.2. The first-order valence-corrected chi connectivity index (χ1v) is 7.98. The summed E-state index contributed by atoms with van der Waals surface area (Å²) < 4.78 is 37.0. The second kappa shape index (κ2) is 5.47. The number of sulfonamides is 1. The summed E-state index contributed by atoms with van der Waals surface area (Å²) in [6.45, 7) is 1.73. The van der Waals surface area contributed by atoms with E-state index in [2.05, 4.69) is 14.9 Å². The molecule has 0 atom stereocenters. The average molecular weight is 340 g/mol. The summed E-state index contributed by atoms with van der Waals surface area (Å²) in [4.78, 5) is 0.0381. The van der Waals surface area contributed by atoms with Gasteiger partial charge in [-0.05, 0) is 37.3 Å². The van der Waals surface area contributed by atoms with Crippen molar-refractivity contribution in [2.45, 2.75) is 11.8 Å². The minimum atomic E-state index is -3.82. The number of halogens is 1. The van der Waals surface area contributed by atoms with Crippen molar-refractivity contribution in [2.75, 3.05) is 4.72 Å². The highest BCUT2D eigenvalue weighted by Crippen LogP contribution is 2.25. The predicted octanol–water partition coefficient (Wildman–Crippen LogP) is 3.09. The quantitative estimate of drug-likeness (QED) is 0.784. The SMILES string of the molecule is Cc1occc1-c1nnc(NS(=O)(=O)c2ccc(Cl)cc2)o1. The molecular weight excluding hydrogens is 330 g/mol. The van der Waals surface area contributed by atoms with Gasteiger partial charge in [0.1, 0.15) is 5.76 Å². The highest BCUT2D eigenvalue weighted by molar-refractivity contribution is 7.92. The van der Waals surface area contributed by atoms with Gasteiger partial charge >= 0.3 is 6.01 Å². The summed E-state index contributed by atoms with van der Waals surface area (Å²) in [5.41, 5.74) is 0.601. The molecule has 114 valence electrons. The lowest BCUT2D eigenvalue weighted by Gasteiger charge is -2.03. The zero-order valence-electron chi connectivity index (χ0n) is 11.3. The van der Waals surface area contributed by atoms with Crippen molar-refractivity contribution in [3.8, 4) is 11.5 Å². The van der Waals surface area contributed by atoms with Crippen LogP contribution in [-0.4, -0.2) is 18.6 Å². The second-order valence-corrected chi connectivity index (χ2v) is 6.48. The van der Waals surface area contributed by atoms with Crippen LogP contribution in [0.4, 0.5) is 6.01 Å². The monoisotopic (exact) mass is 339 g/mol. The van der Waals surface area contributed by atoms with E-state index in [0.717, 1.165) is 0 Å². The van der Waals surface area contributed by atoms with Crippen molar-refractivity contribution in [3.05, 3.63) is 47.4 Å². The van der Waals surface area contributed by atoms with Crippen LogP contribution in [0.5, 0.6) is 0 Å². The number of benzene rings is 1. The third kappa shape index (κ3) is 2.83. The van der Waals surface area contributed by atoms with Gasteiger partial charge in [0.05, 0.1) is 16.7 Å². The molecule has 0 aliphatic heterocycles. The third-order valence-electron chi connectivity index (χ3n) is 2.86. The molecule has 7 nitrogen and oxygen atoms in total. The van der Waals surface area contributed by atoms with Crippen LogP contribution in [-0.2, 0) is 10.0 Å². The average Bonchev–Trinajstić information content (AvgIpc) is 3.07. The van der Waals surface area contributed by atoms with Gasteiger partial charge in [0.15, 0.2) is 0 Å². The number of nitrogens with one attached hydrogen (secondary N) is 1. The maximum absolute atomic E-state index is 12.2. The largest absolute Gasteiger partial charge is 0.469 e. The second-order valence-electron chi connectivity index (χ2n) is 4.36. The van der Waals surface area contributed by atoms with Crippen LogP contribution in [0.1, 0.15) is 5.76 Å². The molecule has 0 fully saturated rings. The Morgan fingerprint density at radius 1 is 1.14 bits per heavy atom. The molecule has 0 spiro atoms. The lowest BCUT2D eigenvalue weighted by Crippen LogP contribution is -2.13. The van der Waals surface area contributed by atoms with Crippen LogP contribution in [0, 0.1) is 6.92 Å². The van der Waals surface area contributed by atoms with Gasteiger partial charge in [-0.1, -0.05) is 16.7 Å². The molecule has 0 aliphatic carbocycles. The molecule has 2 heterocycles. The normalized spacial score (nSPS) is 11.5. The summed E-state index contributed by atoms with van der Waals surface area (Å²) >= 11 is 5.73. The highest BCUT2D eigenvalue weighted by Gasteiger charge is 2.19. The minimum absolute atomic E-state index is 0.0381. The summed E-state index contributed by atoms with van der Waals surface area (Å²) in [5.74, 6) is 0.760. The Kier molecular flexibility index (Phi) is 3.63. The molecule has 22 heavy (non-hydrogen) atoms. The number of aromatic nitrogens is 2. The molecule has 0 saturated carbocycles. The Morgan fingerprint density at radius 2 is 1.86 bits per heavy atom. The molecule has 0 unspecified atom stereocenters. The first kappa shape index (κ1) is 14.6. The number of hydrogen-bond donors (Lipinski definition) is 1. The Balaban J connectivity index is 1.86. The fourth-order valence-electron chi connectivity index (χ4n) is 1.77. The lowest BCUT2D eigenvalue weighted by molar-refractivity contribution is 0.531. The van der Waals surface area contributed by atoms with E-state index in [1.54, 1.807) is 13.0 Å². The Hall–Kier alpha value is -2.32. The van der Waals surface area contributed by atoms with E-state index in [1.807, 2.05) is 0 Å². The first-order valence-electron chi connectivity index (χ1n) is 6.12. The third-order valence-corrected chi connectivity index (χ3v) is 4.45. The molecule has 2 aromatic heterocycles. The summed E-state index contributed by atoms with van der Waals surface area (Å²) in [7, 11) is -3.82. The molecule has 0 saturated heterocycles. The highest BCUT2D eigenvalue weighted by atomic mass is 35.5. The lowest BCUT2D eigenvalue weighted by atomic mass is 10.3. The Bertz CT molecular complexity index is 900. The molecule has 3 aromatic rings. The molecule has 0 bridgehead atoms. The minimum Gasteiger partial charge on any atom is -0.469 e. The van der Waals surface area contributed by atoms with Crippen LogP contribution in [0.15, 0.2) is 50.3 Å². The van der Waals surface area contributed by atoms with Crippen molar-refractivity contribution in [1.82, 2.24) is 10.2 Å². The van der Waals surface area contributed by atoms with Crippen molar-refractivity contribution in [3.63, 3.8) is 0 Å². The van der Waals surface area contributed by atoms with Crippen LogP contribution >= 0.6 is 11.6 Å². The Labute approximate surface area is 131 Å². The smallest absolute Gasteiger partial charge is 0.330 e. The van der Waals surface area contributed by atoms with Crippen molar-refractivity contribution >= 4 is 27.6 Å². The van der Waals surface area contributed by atoms with E-state index in [-0.39, 0.29) is 16.8 Å². The summed E-state index contributed by atoms with van der Waals surface area (Å²) in [5, 5.41) is 7.89. The van der Waals surface area contributed by atoms with Crippen LogP contribution in [0.2, 0.25) is 5.02 Å². The van der Waals surface area contributed by atoms with E-state index >= 15 is 0 Å². The molecule has 0 amide bonds. The van der Waals surface area contributed by atoms with E-state index in [0.29, 0.717) is 16.3 Å². The summed E-state index contributed by atoms with van der Waals surface area (Å²) in [6, 6.07) is 7.13. The number of anilines is 1. The van der Waals surface area contributed by atoms with Crippen LogP contribution < -0.4 is 4.72 Å². The molecular formula is C13H10ClN3O4S. The number of rotatable bonds is 4. The Morgan fingerprint density at radius 3 is 2.50 bits per heavy atom. The van der Waals surface area contributed by atoms with Crippen LogP contribution in [0.25, 0.3) is 11.5 Å². The molecule has 1 aromatic carbocycles. The zero-order valence-corrected chi connectivity index (χ0v) is 12.9. The van der Waals surface area contributed by atoms with Gasteiger partial charge in [0.2, 0.25) is 0 Å². The van der Waals surface area contributed by atoms with Gasteiger partial charge in [-0.2, -0.15) is 0 Å². The van der Waals surface area contributed by atoms with Crippen molar-refractivity contribution < 1.29 is 17.3 Å². The maximum Gasteiger partial charge on any atom is 0.330 e. The van der Waals surface area contributed by atoms with Crippen LogP contribution in [0.3, 0.4) is 0 Å². The standard InChI is InChI=1S/C13H10ClN3O4S/c1-8-11(6-7-20-8)12-15-16-13(21-12)17-22(18,19)10-4-2-9(14)3-5-10/h2-7H,1H3,(H,16,17). The number of hydrogen-bond acceptors (Lipinski definition) is 6. The number of furan rings is 1. The fraction of sp³-hybridized carbons (Fsp3) is 0.0769. The molecule has 0 aliphatic rings. The van der Waals surface area contributed by atoms with Gasteiger partial charge in [-0.15, -0.1) is 5.10 Å². The van der Waals surface area contributed by atoms with E-state index in [9.17, 15) is 8.42 Å². The van der Waals surface area contributed by atoms with E-state index < -0.39 is 10.0 Å².